The van der Waals surface area contributed by atoms with Crippen molar-refractivity contribution < 1.29 is 19.1 Å². The molecule has 0 saturated carbocycles. The standard InChI is InChI=1S/C23H26N2O4/c1-28-15-18-6-5-7-19(14-18)22(27)24-12-10-23(11-13-24)17-25(21(26)16-29-23)20-8-3-2-4-9-20/h2-9,14H,10-13,15-17H2,1H3. The molecular formula is C23H26N2O4. The molecule has 0 aliphatic carbocycles. The number of ether oxygens (including phenoxy) is 2. The summed E-state index contributed by atoms with van der Waals surface area (Å²) in [7, 11) is 1.65. The van der Waals surface area contributed by atoms with E-state index in [4.69, 9.17) is 9.47 Å². The fourth-order valence-corrected chi connectivity index (χ4v) is 4.12. The summed E-state index contributed by atoms with van der Waals surface area (Å²) in [6, 6.07) is 17.3. The topological polar surface area (TPSA) is 59.1 Å². The second-order valence-electron chi connectivity index (χ2n) is 7.71. The van der Waals surface area contributed by atoms with E-state index in [1.165, 1.54) is 0 Å². The summed E-state index contributed by atoms with van der Waals surface area (Å²) < 4.78 is 11.2. The van der Waals surface area contributed by atoms with Gasteiger partial charge in [0.25, 0.3) is 11.8 Å². The number of benzene rings is 2. The first kappa shape index (κ1) is 19.6. The van der Waals surface area contributed by atoms with Crippen LogP contribution in [-0.2, 0) is 20.9 Å². The summed E-state index contributed by atoms with van der Waals surface area (Å²) in [5, 5.41) is 0. The maximum Gasteiger partial charge on any atom is 0.253 e. The minimum Gasteiger partial charge on any atom is -0.380 e. The minimum atomic E-state index is -0.390. The number of para-hydroxylation sites is 1. The number of amides is 2. The van der Waals surface area contributed by atoms with E-state index in [0.717, 1.165) is 11.3 Å². The van der Waals surface area contributed by atoms with Crippen LogP contribution in [0.2, 0.25) is 0 Å². The van der Waals surface area contributed by atoms with Gasteiger partial charge in [0.15, 0.2) is 0 Å². The van der Waals surface area contributed by atoms with E-state index in [-0.39, 0.29) is 18.4 Å². The molecule has 2 heterocycles. The van der Waals surface area contributed by atoms with Gasteiger partial charge in [-0.05, 0) is 42.7 Å². The van der Waals surface area contributed by atoms with Crippen LogP contribution in [0.15, 0.2) is 54.6 Å². The van der Waals surface area contributed by atoms with E-state index in [2.05, 4.69) is 0 Å². The average Bonchev–Trinajstić information content (AvgIpc) is 2.77. The number of hydrogen-bond donors (Lipinski definition) is 0. The molecule has 2 aromatic carbocycles. The summed E-state index contributed by atoms with van der Waals surface area (Å²) >= 11 is 0. The number of likely N-dealkylation sites (tertiary alicyclic amines) is 1. The van der Waals surface area contributed by atoms with Gasteiger partial charge in [-0.25, -0.2) is 0 Å². The lowest BCUT2D eigenvalue weighted by Crippen LogP contribution is -2.59. The maximum absolute atomic E-state index is 12.9. The molecule has 6 nitrogen and oxygen atoms in total. The highest BCUT2D eigenvalue weighted by Crippen LogP contribution is 2.33. The number of carbonyl (C=O) groups is 2. The van der Waals surface area contributed by atoms with Gasteiger partial charge in [0.1, 0.15) is 6.61 Å². The van der Waals surface area contributed by atoms with Gasteiger partial charge in [-0.1, -0.05) is 30.3 Å². The Bertz CT molecular complexity index is 875. The number of anilines is 1. The molecule has 6 heteroatoms. The molecule has 2 saturated heterocycles. The molecular weight excluding hydrogens is 368 g/mol. The highest BCUT2D eigenvalue weighted by Gasteiger charge is 2.43. The number of rotatable bonds is 4. The molecule has 2 aliphatic rings. The largest absolute Gasteiger partial charge is 0.380 e. The predicted octanol–water partition coefficient (Wildman–Crippen LogP) is 2.87. The average molecular weight is 394 g/mol. The van der Waals surface area contributed by atoms with Gasteiger partial charge in [0, 0.05) is 31.5 Å². The van der Waals surface area contributed by atoms with E-state index in [9.17, 15) is 9.59 Å². The Morgan fingerprint density at radius 3 is 2.59 bits per heavy atom. The van der Waals surface area contributed by atoms with E-state index in [1.807, 2.05) is 64.4 Å². The summed E-state index contributed by atoms with van der Waals surface area (Å²) in [4.78, 5) is 29.0. The lowest BCUT2D eigenvalue weighted by atomic mass is 9.88. The number of hydrogen-bond acceptors (Lipinski definition) is 4. The van der Waals surface area contributed by atoms with Crippen molar-refractivity contribution in [3.8, 4) is 0 Å². The normalized spacial score (nSPS) is 18.9. The van der Waals surface area contributed by atoms with Crippen LogP contribution in [0.1, 0.15) is 28.8 Å². The van der Waals surface area contributed by atoms with Gasteiger partial charge in [-0.2, -0.15) is 0 Å². The molecule has 0 radical (unpaired) electrons. The Morgan fingerprint density at radius 2 is 1.86 bits per heavy atom. The third-order valence-corrected chi connectivity index (χ3v) is 5.76. The van der Waals surface area contributed by atoms with Crippen LogP contribution in [0.3, 0.4) is 0 Å². The van der Waals surface area contributed by atoms with Crippen molar-refractivity contribution in [2.45, 2.75) is 25.0 Å². The van der Waals surface area contributed by atoms with Gasteiger partial charge >= 0.3 is 0 Å². The van der Waals surface area contributed by atoms with E-state index < -0.39 is 5.60 Å². The molecule has 4 rings (SSSR count). The lowest BCUT2D eigenvalue weighted by molar-refractivity contribution is -0.143. The SMILES string of the molecule is COCc1cccc(C(=O)N2CCC3(CC2)CN(c2ccccc2)C(=O)CO3)c1. The van der Waals surface area contributed by atoms with E-state index in [1.54, 1.807) is 7.11 Å². The van der Waals surface area contributed by atoms with Crippen LogP contribution in [0.4, 0.5) is 5.69 Å². The molecule has 29 heavy (non-hydrogen) atoms. The third kappa shape index (κ3) is 4.18. The summed E-state index contributed by atoms with van der Waals surface area (Å²) in [5.74, 6) is 0.0138. The van der Waals surface area contributed by atoms with Crippen LogP contribution in [0.25, 0.3) is 0 Å². The number of methoxy groups -OCH3 is 1. The zero-order valence-corrected chi connectivity index (χ0v) is 16.7. The number of carbonyl (C=O) groups excluding carboxylic acids is 2. The zero-order valence-electron chi connectivity index (χ0n) is 16.7. The molecule has 0 aromatic heterocycles. The van der Waals surface area contributed by atoms with Gasteiger partial charge in [0.2, 0.25) is 0 Å². The highest BCUT2D eigenvalue weighted by atomic mass is 16.5. The molecule has 0 unspecified atom stereocenters. The quantitative estimate of drug-likeness (QED) is 0.800. The maximum atomic E-state index is 12.9. The second-order valence-corrected chi connectivity index (χ2v) is 7.71. The monoisotopic (exact) mass is 394 g/mol. The van der Waals surface area contributed by atoms with E-state index in [0.29, 0.717) is 44.6 Å². The molecule has 1 spiro atoms. The summed E-state index contributed by atoms with van der Waals surface area (Å²) in [5.41, 5.74) is 2.17. The molecule has 2 aromatic rings. The van der Waals surface area contributed by atoms with Crippen LogP contribution < -0.4 is 4.90 Å². The fourth-order valence-electron chi connectivity index (χ4n) is 4.12. The molecule has 2 aliphatic heterocycles. The first-order chi connectivity index (χ1) is 14.1. The van der Waals surface area contributed by atoms with Gasteiger partial charge in [-0.3, -0.25) is 9.59 Å². The van der Waals surface area contributed by atoms with Crippen molar-refractivity contribution in [2.75, 3.05) is 38.3 Å². The fraction of sp³-hybridized carbons (Fsp3) is 0.391. The van der Waals surface area contributed by atoms with Gasteiger partial charge in [-0.15, -0.1) is 0 Å². The molecule has 0 atom stereocenters. The Kier molecular flexibility index (Phi) is 5.65. The number of piperidine rings is 1. The lowest BCUT2D eigenvalue weighted by Gasteiger charge is -2.47. The first-order valence-electron chi connectivity index (χ1n) is 9.97. The Balaban J connectivity index is 1.43. The minimum absolute atomic E-state index is 0.0183. The molecule has 2 fully saturated rings. The van der Waals surface area contributed by atoms with Crippen molar-refractivity contribution in [2.24, 2.45) is 0 Å². The van der Waals surface area contributed by atoms with Gasteiger partial charge in [0.05, 0.1) is 18.8 Å². The van der Waals surface area contributed by atoms with Crippen molar-refractivity contribution in [3.63, 3.8) is 0 Å². The van der Waals surface area contributed by atoms with Crippen LogP contribution in [-0.4, -0.2) is 55.7 Å². The van der Waals surface area contributed by atoms with E-state index >= 15 is 0 Å². The van der Waals surface area contributed by atoms with Crippen molar-refractivity contribution in [1.29, 1.82) is 0 Å². The molecule has 0 bridgehead atoms. The van der Waals surface area contributed by atoms with Crippen molar-refractivity contribution >= 4 is 17.5 Å². The Labute approximate surface area is 171 Å². The third-order valence-electron chi connectivity index (χ3n) is 5.76. The highest BCUT2D eigenvalue weighted by molar-refractivity contribution is 5.95. The van der Waals surface area contributed by atoms with Gasteiger partial charge < -0.3 is 19.3 Å². The summed E-state index contributed by atoms with van der Waals surface area (Å²) in [6.45, 7) is 2.33. The number of morpholine rings is 1. The zero-order chi connectivity index (χ0) is 20.3. The molecule has 0 N–H and O–H groups in total. The van der Waals surface area contributed by atoms with Crippen LogP contribution in [0.5, 0.6) is 0 Å². The summed E-state index contributed by atoms with van der Waals surface area (Å²) in [6.07, 6.45) is 1.43. The molecule has 152 valence electrons. The smallest absolute Gasteiger partial charge is 0.253 e. The Hall–Kier alpha value is -2.70. The first-order valence-corrected chi connectivity index (χ1v) is 9.97. The van der Waals surface area contributed by atoms with Crippen molar-refractivity contribution in [3.05, 3.63) is 65.7 Å². The number of nitrogens with zero attached hydrogens (tertiary/aromatic N) is 2. The van der Waals surface area contributed by atoms with Crippen LogP contribution in [0, 0.1) is 0 Å². The second kappa shape index (κ2) is 8.35. The van der Waals surface area contributed by atoms with Crippen LogP contribution >= 0.6 is 0 Å². The van der Waals surface area contributed by atoms with Crippen molar-refractivity contribution in [1.82, 2.24) is 4.90 Å². The Morgan fingerprint density at radius 1 is 1.10 bits per heavy atom. The molecule has 2 amide bonds. The predicted molar refractivity (Wildman–Crippen MR) is 110 cm³/mol.